The van der Waals surface area contributed by atoms with Crippen molar-refractivity contribution in [2.45, 2.75) is 33.2 Å². The number of carbonyl (C=O) groups excluding carboxylic acids is 1. The van der Waals surface area contributed by atoms with Crippen molar-refractivity contribution < 1.29 is 23.8 Å². The number of carboxylic acid groups (broad SMARTS) is 1. The summed E-state index contributed by atoms with van der Waals surface area (Å²) < 4.78 is 10.6. The summed E-state index contributed by atoms with van der Waals surface area (Å²) in [6.45, 7) is 4.87. The van der Waals surface area contributed by atoms with E-state index in [1.807, 2.05) is 0 Å². The average molecular weight is 333 g/mol. The number of aliphatic carboxylic acids is 1. The number of nitrogens with one attached hydrogen (secondary N) is 1. The molecule has 1 aromatic carbocycles. The quantitative estimate of drug-likeness (QED) is 0.804. The van der Waals surface area contributed by atoms with Crippen LogP contribution in [0.25, 0.3) is 11.0 Å². The largest absolute Gasteiger partial charge is 0.496 e. The Labute approximate surface area is 138 Å². The molecule has 0 saturated carbocycles. The summed E-state index contributed by atoms with van der Waals surface area (Å²) in [6, 6.07) is 2.50. The molecule has 7 nitrogen and oxygen atoms in total. The molecule has 0 radical (unpaired) electrons. The van der Waals surface area contributed by atoms with E-state index < -0.39 is 23.5 Å². The van der Waals surface area contributed by atoms with Gasteiger partial charge in [0, 0.05) is 10.9 Å². The molecule has 128 valence electrons. The molecule has 0 aliphatic rings. The number of amides is 1. The smallest absolute Gasteiger partial charge is 0.340 e. The van der Waals surface area contributed by atoms with Gasteiger partial charge < -0.3 is 19.6 Å². The third-order valence-corrected chi connectivity index (χ3v) is 3.96. The first-order valence-electron chi connectivity index (χ1n) is 7.38. The van der Waals surface area contributed by atoms with Gasteiger partial charge in [0.1, 0.15) is 17.4 Å². The van der Waals surface area contributed by atoms with Crippen molar-refractivity contribution in [2.75, 3.05) is 7.11 Å². The molecular formula is C17H19NO6. The summed E-state index contributed by atoms with van der Waals surface area (Å²) in [7, 11) is 1.53. The highest BCUT2D eigenvalue weighted by atomic mass is 16.5. The molecule has 0 spiro atoms. The van der Waals surface area contributed by atoms with Gasteiger partial charge in [0.2, 0.25) is 5.91 Å². The van der Waals surface area contributed by atoms with Crippen LogP contribution in [-0.4, -0.2) is 30.1 Å². The second-order valence-corrected chi connectivity index (χ2v) is 5.57. The van der Waals surface area contributed by atoms with Gasteiger partial charge >= 0.3 is 11.6 Å². The number of ether oxygens (including phenoxy) is 1. The minimum absolute atomic E-state index is 0.210. The topological polar surface area (TPSA) is 106 Å². The van der Waals surface area contributed by atoms with Crippen molar-refractivity contribution >= 4 is 22.8 Å². The number of rotatable bonds is 5. The molecule has 2 N–H and O–H groups in total. The predicted molar refractivity (Wildman–Crippen MR) is 87.5 cm³/mol. The first-order valence-corrected chi connectivity index (χ1v) is 7.38. The minimum Gasteiger partial charge on any atom is -0.496 e. The summed E-state index contributed by atoms with van der Waals surface area (Å²) >= 11 is 0. The van der Waals surface area contributed by atoms with E-state index >= 15 is 0 Å². The van der Waals surface area contributed by atoms with E-state index in [-0.39, 0.29) is 12.0 Å². The molecule has 2 aromatic rings. The minimum atomic E-state index is -1.15. The number of aryl methyl sites for hydroxylation is 2. The highest BCUT2D eigenvalue weighted by Gasteiger charge is 2.19. The Kier molecular flexibility index (Phi) is 4.92. The van der Waals surface area contributed by atoms with Crippen molar-refractivity contribution in [3.8, 4) is 5.75 Å². The van der Waals surface area contributed by atoms with Gasteiger partial charge in [0.05, 0.1) is 19.1 Å². The molecule has 2 rings (SSSR count). The molecule has 1 heterocycles. The van der Waals surface area contributed by atoms with Gasteiger partial charge in [-0.05, 0) is 38.5 Å². The second-order valence-electron chi connectivity index (χ2n) is 5.57. The fourth-order valence-corrected chi connectivity index (χ4v) is 2.51. The van der Waals surface area contributed by atoms with E-state index in [4.69, 9.17) is 14.3 Å². The Morgan fingerprint density at radius 2 is 1.96 bits per heavy atom. The van der Waals surface area contributed by atoms with E-state index in [2.05, 4.69) is 5.32 Å². The highest BCUT2D eigenvalue weighted by Crippen LogP contribution is 2.29. The SMILES string of the molecule is COc1ccc2c(C)c(CC(=O)NC(C)C(=O)O)c(=O)oc2c1C. The highest BCUT2D eigenvalue weighted by molar-refractivity contribution is 5.88. The van der Waals surface area contributed by atoms with Crippen LogP contribution < -0.4 is 15.7 Å². The molecular weight excluding hydrogens is 314 g/mol. The van der Waals surface area contributed by atoms with Gasteiger partial charge in [-0.25, -0.2) is 4.79 Å². The standard InChI is InChI=1S/C17H19NO6/c1-8-11-5-6-13(23-4)9(2)15(11)24-17(22)12(8)7-14(19)18-10(3)16(20)21/h5-6,10H,7H2,1-4H3,(H,18,19)(H,20,21). The Morgan fingerprint density at radius 3 is 2.54 bits per heavy atom. The first kappa shape index (κ1) is 17.5. The zero-order valence-electron chi connectivity index (χ0n) is 13.9. The van der Waals surface area contributed by atoms with Crippen molar-refractivity contribution in [3.63, 3.8) is 0 Å². The van der Waals surface area contributed by atoms with Gasteiger partial charge in [-0.15, -0.1) is 0 Å². The van der Waals surface area contributed by atoms with Gasteiger partial charge in [-0.1, -0.05) is 0 Å². The number of benzene rings is 1. The molecule has 0 bridgehead atoms. The number of carboxylic acids is 1. The molecule has 7 heteroatoms. The third kappa shape index (κ3) is 3.24. The Balaban J connectivity index is 2.44. The van der Waals surface area contributed by atoms with Gasteiger partial charge in [-0.3, -0.25) is 9.59 Å². The number of hydrogen-bond acceptors (Lipinski definition) is 5. The fraction of sp³-hybridized carbons (Fsp3) is 0.353. The average Bonchev–Trinajstić information content (AvgIpc) is 2.52. The Hall–Kier alpha value is -2.83. The zero-order valence-corrected chi connectivity index (χ0v) is 13.9. The van der Waals surface area contributed by atoms with E-state index in [0.29, 0.717) is 27.8 Å². The maximum absolute atomic E-state index is 12.3. The predicted octanol–water partition coefficient (Wildman–Crippen LogP) is 1.55. The molecule has 0 aliphatic carbocycles. The monoisotopic (exact) mass is 333 g/mol. The lowest BCUT2D eigenvalue weighted by molar-refractivity contribution is -0.141. The van der Waals surface area contributed by atoms with Crippen LogP contribution in [-0.2, 0) is 16.0 Å². The molecule has 0 saturated heterocycles. The van der Waals surface area contributed by atoms with Crippen LogP contribution in [0.5, 0.6) is 5.75 Å². The summed E-state index contributed by atoms with van der Waals surface area (Å²) in [5, 5.41) is 11.9. The van der Waals surface area contributed by atoms with Gasteiger partial charge in [0.25, 0.3) is 0 Å². The van der Waals surface area contributed by atoms with E-state index in [9.17, 15) is 14.4 Å². The molecule has 24 heavy (non-hydrogen) atoms. The summed E-state index contributed by atoms with van der Waals surface area (Å²) in [4.78, 5) is 35.0. The van der Waals surface area contributed by atoms with Crippen LogP contribution in [0.3, 0.4) is 0 Å². The van der Waals surface area contributed by atoms with Crippen molar-refractivity contribution in [2.24, 2.45) is 0 Å². The summed E-state index contributed by atoms with van der Waals surface area (Å²) in [5.74, 6) is -1.09. The van der Waals surface area contributed by atoms with Crippen LogP contribution in [0.4, 0.5) is 0 Å². The van der Waals surface area contributed by atoms with Crippen LogP contribution in [0.1, 0.15) is 23.6 Å². The van der Waals surface area contributed by atoms with E-state index in [1.54, 1.807) is 26.0 Å². The van der Waals surface area contributed by atoms with Crippen molar-refractivity contribution in [1.82, 2.24) is 5.32 Å². The molecule has 0 fully saturated rings. The molecule has 1 atom stereocenters. The number of methoxy groups -OCH3 is 1. The molecule has 1 amide bonds. The number of hydrogen-bond donors (Lipinski definition) is 2. The lowest BCUT2D eigenvalue weighted by Gasteiger charge is -2.12. The van der Waals surface area contributed by atoms with Crippen LogP contribution in [0.15, 0.2) is 21.3 Å². The maximum atomic E-state index is 12.3. The lowest BCUT2D eigenvalue weighted by atomic mass is 10.0. The van der Waals surface area contributed by atoms with E-state index in [0.717, 1.165) is 0 Å². The molecule has 1 unspecified atom stereocenters. The van der Waals surface area contributed by atoms with E-state index in [1.165, 1.54) is 14.0 Å². The van der Waals surface area contributed by atoms with Crippen molar-refractivity contribution in [1.29, 1.82) is 0 Å². The van der Waals surface area contributed by atoms with Crippen molar-refractivity contribution in [3.05, 3.63) is 39.2 Å². The van der Waals surface area contributed by atoms with Crippen LogP contribution in [0.2, 0.25) is 0 Å². The Bertz CT molecular complexity index is 867. The Morgan fingerprint density at radius 1 is 1.29 bits per heavy atom. The zero-order chi connectivity index (χ0) is 18.0. The van der Waals surface area contributed by atoms with Gasteiger partial charge in [-0.2, -0.15) is 0 Å². The normalized spacial score (nSPS) is 12.0. The number of fused-ring (bicyclic) bond motifs is 1. The third-order valence-electron chi connectivity index (χ3n) is 3.96. The molecule has 0 aliphatic heterocycles. The second kappa shape index (κ2) is 6.74. The molecule has 1 aromatic heterocycles. The van der Waals surface area contributed by atoms with Gasteiger partial charge in [0.15, 0.2) is 0 Å². The van der Waals surface area contributed by atoms with Crippen LogP contribution in [0, 0.1) is 13.8 Å². The summed E-state index contributed by atoms with van der Waals surface area (Å²) in [6.07, 6.45) is -0.243. The van der Waals surface area contributed by atoms with Crippen LogP contribution >= 0.6 is 0 Å². The fourth-order valence-electron chi connectivity index (χ4n) is 2.51. The first-order chi connectivity index (χ1) is 11.3. The summed E-state index contributed by atoms with van der Waals surface area (Å²) in [5.41, 5.74) is 1.34. The number of carbonyl (C=O) groups is 2. The lowest BCUT2D eigenvalue weighted by Crippen LogP contribution is -2.39. The maximum Gasteiger partial charge on any atom is 0.340 e.